The Morgan fingerprint density at radius 1 is 1.04 bits per heavy atom. The number of alkyl halides is 2. The van der Waals surface area contributed by atoms with Crippen molar-refractivity contribution in [1.29, 1.82) is 0 Å². The molecule has 1 aliphatic rings. The first-order valence-corrected chi connectivity index (χ1v) is 15.8. The van der Waals surface area contributed by atoms with Crippen molar-refractivity contribution in [3.8, 4) is 11.1 Å². The number of nitrogens with one attached hydrogen (secondary N) is 1. The number of carbonyl (C=O) groups excluding carboxylic acids is 1. The van der Waals surface area contributed by atoms with Gasteiger partial charge in [-0.05, 0) is 135 Å². The minimum absolute atomic E-state index is 0.0861. The summed E-state index contributed by atoms with van der Waals surface area (Å²) in [5.41, 5.74) is 4.90. The molecule has 248 valence electrons. The summed E-state index contributed by atoms with van der Waals surface area (Å²) in [6.45, 7) is 7.96. The normalized spacial score (nSPS) is 14.2. The van der Waals surface area contributed by atoms with Crippen molar-refractivity contribution in [3.05, 3.63) is 91.6 Å². The summed E-state index contributed by atoms with van der Waals surface area (Å²) in [5.74, 6) is -2.18. The molecule has 2 N–H and O–H groups in total. The predicted octanol–water partition coefficient (Wildman–Crippen LogP) is 6.72. The van der Waals surface area contributed by atoms with Crippen molar-refractivity contribution in [2.75, 3.05) is 20.6 Å². The molecule has 2 aromatic carbocycles. The number of carboxylic acid groups (broad SMARTS) is 1. The molecule has 0 saturated carbocycles. The van der Waals surface area contributed by atoms with E-state index in [0.29, 0.717) is 24.1 Å². The number of aryl methyl sites for hydroxylation is 3. The van der Waals surface area contributed by atoms with E-state index >= 15 is 0 Å². The molecule has 46 heavy (non-hydrogen) atoms. The van der Waals surface area contributed by atoms with E-state index in [4.69, 9.17) is 0 Å². The van der Waals surface area contributed by atoms with E-state index in [1.54, 1.807) is 0 Å². The monoisotopic (exact) mass is 639 g/mol. The number of amides is 1. The van der Waals surface area contributed by atoms with Gasteiger partial charge in [-0.3, -0.25) is 14.4 Å². The van der Waals surface area contributed by atoms with Gasteiger partial charge < -0.3 is 19.9 Å². The molecule has 4 rings (SSSR count). The fraction of sp³-hybridized carbons (Fsp3) is 0.472. The van der Waals surface area contributed by atoms with E-state index < -0.39 is 47.9 Å². The van der Waals surface area contributed by atoms with Crippen molar-refractivity contribution >= 4 is 11.9 Å². The lowest BCUT2D eigenvalue weighted by atomic mass is 9.87. The topological polar surface area (TPSA) is 91.6 Å². The zero-order valence-corrected chi connectivity index (χ0v) is 27.4. The van der Waals surface area contributed by atoms with E-state index in [1.807, 2.05) is 58.8 Å². The minimum Gasteiger partial charge on any atom is -0.481 e. The molecule has 0 radical (unpaired) electrons. The number of carbonyl (C=O) groups is 2. The molecule has 0 unspecified atom stereocenters. The Morgan fingerprint density at radius 2 is 1.72 bits per heavy atom. The van der Waals surface area contributed by atoms with Crippen molar-refractivity contribution in [3.63, 3.8) is 0 Å². The Morgan fingerprint density at radius 3 is 2.30 bits per heavy atom. The Balaban J connectivity index is 1.80. The summed E-state index contributed by atoms with van der Waals surface area (Å²) < 4.78 is 43.4. The van der Waals surface area contributed by atoms with Gasteiger partial charge in [0, 0.05) is 12.7 Å². The highest BCUT2D eigenvalue weighted by molar-refractivity contribution is 5.82. The van der Waals surface area contributed by atoms with Crippen LogP contribution in [-0.2, 0) is 28.9 Å². The van der Waals surface area contributed by atoms with Crippen molar-refractivity contribution < 1.29 is 27.9 Å². The number of hydrogen-bond donors (Lipinski definition) is 2. The maximum absolute atomic E-state index is 14.2. The molecule has 1 heterocycles. The van der Waals surface area contributed by atoms with Gasteiger partial charge in [0.2, 0.25) is 5.91 Å². The van der Waals surface area contributed by atoms with Crippen LogP contribution < -0.4 is 10.9 Å². The number of fused-ring (bicyclic) bond motifs is 1. The van der Waals surface area contributed by atoms with Crippen LogP contribution in [0.1, 0.15) is 90.6 Å². The summed E-state index contributed by atoms with van der Waals surface area (Å²) in [5, 5.41) is 12.8. The van der Waals surface area contributed by atoms with E-state index in [9.17, 15) is 32.7 Å². The number of aliphatic carboxylic acids is 1. The largest absolute Gasteiger partial charge is 0.481 e. The second kappa shape index (κ2) is 14.7. The van der Waals surface area contributed by atoms with Crippen LogP contribution in [0.4, 0.5) is 13.2 Å². The first kappa shape index (κ1) is 34.9. The number of halogens is 3. The predicted molar refractivity (Wildman–Crippen MR) is 173 cm³/mol. The molecule has 1 amide bonds. The number of pyridine rings is 1. The maximum atomic E-state index is 14.2. The van der Waals surface area contributed by atoms with E-state index in [0.717, 1.165) is 57.2 Å². The van der Waals surface area contributed by atoms with Crippen LogP contribution in [0.15, 0.2) is 41.3 Å². The van der Waals surface area contributed by atoms with Crippen molar-refractivity contribution in [2.45, 2.75) is 84.7 Å². The second-order valence-corrected chi connectivity index (χ2v) is 13.1. The van der Waals surface area contributed by atoms with Gasteiger partial charge in [-0.1, -0.05) is 19.9 Å². The highest BCUT2D eigenvalue weighted by Gasteiger charge is 2.30. The van der Waals surface area contributed by atoms with Gasteiger partial charge in [-0.2, -0.15) is 0 Å². The third-order valence-electron chi connectivity index (χ3n) is 8.65. The standard InChI is InChI=1S/C36H44F3N3O4/c1-20(2)12-31(42-19-23(10-11-41(5)6)15-29(34(38)39)36(42)46)35(45)40-30(18-32(43)44)25-16-24-8-7-9-27(24)28(17-25)33-21(3)13-26(37)14-22(33)4/h13-17,19-20,30-31,34H,7-12,18H2,1-6H3,(H,40,45)(H,43,44)/t30-,31+/m1/s1. The third-order valence-corrected chi connectivity index (χ3v) is 8.65. The number of benzene rings is 2. The number of rotatable bonds is 13. The molecule has 0 aliphatic heterocycles. The molecule has 1 aromatic heterocycles. The lowest BCUT2D eigenvalue weighted by molar-refractivity contribution is -0.138. The lowest BCUT2D eigenvalue weighted by Crippen LogP contribution is -2.41. The van der Waals surface area contributed by atoms with E-state index in [2.05, 4.69) is 5.32 Å². The quantitative estimate of drug-likeness (QED) is 0.217. The molecule has 0 spiro atoms. The molecule has 1 aliphatic carbocycles. The van der Waals surface area contributed by atoms with Crippen LogP contribution in [0.25, 0.3) is 11.1 Å². The van der Waals surface area contributed by atoms with Crippen LogP contribution in [-0.4, -0.2) is 47.1 Å². The van der Waals surface area contributed by atoms with Gasteiger partial charge in [0.15, 0.2) is 0 Å². The number of carboxylic acids is 1. The first-order chi connectivity index (χ1) is 21.7. The number of nitrogens with zero attached hydrogens (tertiary/aromatic N) is 2. The smallest absolute Gasteiger partial charge is 0.305 e. The highest BCUT2D eigenvalue weighted by atomic mass is 19.3. The molecular formula is C36H44F3N3O4. The van der Waals surface area contributed by atoms with Crippen LogP contribution >= 0.6 is 0 Å². The highest BCUT2D eigenvalue weighted by Crippen LogP contribution is 2.39. The third kappa shape index (κ3) is 8.07. The molecule has 3 aromatic rings. The Hall–Kier alpha value is -3.92. The van der Waals surface area contributed by atoms with Gasteiger partial charge in [0.05, 0.1) is 18.0 Å². The molecule has 0 fully saturated rings. The molecule has 10 heteroatoms. The summed E-state index contributed by atoms with van der Waals surface area (Å²) >= 11 is 0. The second-order valence-electron chi connectivity index (χ2n) is 13.1. The van der Waals surface area contributed by atoms with Gasteiger partial charge in [0.25, 0.3) is 12.0 Å². The average molecular weight is 640 g/mol. The number of hydrogen-bond acceptors (Lipinski definition) is 4. The van der Waals surface area contributed by atoms with E-state index in [-0.39, 0.29) is 18.2 Å². The lowest BCUT2D eigenvalue weighted by Gasteiger charge is -2.27. The van der Waals surface area contributed by atoms with Crippen LogP contribution in [0.5, 0.6) is 0 Å². The first-order valence-electron chi connectivity index (χ1n) is 15.8. The van der Waals surface area contributed by atoms with E-state index in [1.165, 1.54) is 24.4 Å². The number of likely N-dealkylation sites (N-methyl/N-ethyl adjacent to an activating group) is 1. The van der Waals surface area contributed by atoms with Gasteiger partial charge in [0.1, 0.15) is 11.9 Å². The molecule has 0 saturated heterocycles. The fourth-order valence-electron chi connectivity index (χ4n) is 6.54. The molecule has 7 nitrogen and oxygen atoms in total. The molecule has 2 atom stereocenters. The van der Waals surface area contributed by atoms with Crippen molar-refractivity contribution in [1.82, 2.24) is 14.8 Å². The SMILES string of the molecule is Cc1cc(F)cc(C)c1-c1cc([C@@H](CC(=O)O)NC(=O)[C@H](CC(C)C)n2cc(CCN(C)C)cc(C(F)F)c2=O)cc2c1CCC2. The van der Waals surface area contributed by atoms with Gasteiger partial charge in [-0.25, -0.2) is 13.2 Å². The summed E-state index contributed by atoms with van der Waals surface area (Å²) in [6.07, 6.45) is 1.11. The summed E-state index contributed by atoms with van der Waals surface area (Å²) in [4.78, 5) is 41.5. The number of aromatic nitrogens is 1. The Bertz CT molecular complexity index is 1640. The van der Waals surface area contributed by atoms with Gasteiger partial charge >= 0.3 is 5.97 Å². The van der Waals surface area contributed by atoms with Gasteiger partial charge in [-0.15, -0.1) is 0 Å². The fourth-order valence-corrected chi connectivity index (χ4v) is 6.54. The average Bonchev–Trinajstić information content (AvgIpc) is 3.43. The zero-order chi connectivity index (χ0) is 33.9. The minimum atomic E-state index is -3.02. The van der Waals surface area contributed by atoms with Crippen LogP contribution in [0, 0.1) is 25.6 Å². The van der Waals surface area contributed by atoms with Crippen LogP contribution in [0.2, 0.25) is 0 Å². The molecular weight excluding hydrogens is 595 g/mol. The molecule has 0 bridgehead atoms. The zero-order valence-electron chi connectivity index (χ0n) is 27.4. The maximum Gasteiger partial charge on any atom is 0.305 e. The van der Waals surface area contributed by atoms with Crippen molar-refractivity contribution in [2.24, 2.45) is 5.92 Å². The summed E-state index contributed by atoms with van der Waals surface area (Å²) in [7, 11) is 3.70. The Kier molecular flexibility index (Phi) is 11.1. The van der Waals surface area contributed by atoms with Crippen LogP contribution in [0.3, 0.4) is 0 Å². The summed E-state index contributed by atoms with van der Waals surface area (Å²) in [6, 6.07) is 5.85. The Labute approximate surface area is 268 Å².